The van der Waals surface area contributed by atoms with Gasteiger partial charge in [-0.15, -0.1) is 11.8 Å². The molecular formula is C27H29NO3S2. The van der Waals surface area contributed by atoms with Crippen LogP contribution in [0.3, 0.4) is 0 Å². The fourth-order valence-electron chi connectivity index (χ4n) is 4.14. The summed E-state index contributed by atoms with van der Waals surface area (Å²) in [5, 5.41) is 9.62. The van der Waals surface area contributed by atoms with E-state index in [9.17, 15) is 9.90 Å². The maximum Gasteiger partial charge on any atom is 0.304 e. The van der Waals surface area contributed by atoms with Gasteiger partial charge in [-0.25, -0.2) is 4.31 Å². The van der Waals surface area contributed by atoms with Crippen molar-refractivity contribution in [3.8, 4) is 5.75 Å². The van der Waals surface area contributed by atoms with Crippen LogP contribution in [-0.2, 0) is 11.3 Å². The number of carboxylic acid groups (broad SMARTS) is 1. The van der Waals surface area contributed by atoms with Crippen LogP contribution >= 0.6 is 23.7 Å². The predicted octanol–water partition coefficient (Wildman–Crippen LogP) is 6.61. The first-order valence-electron chi connectivity index (χ1n) is 11.1. The van der Waals surface area contributed by atoms with Crippen molar-refractivity contribution in [3.05, 3.63) is 89.0 Å². The van der Waals surface area contributed by atoms with Crippen molar-refractivity contribution in [2.75, 3.05) is 12.8 Å². The van der Waals surface area contributed by atoms with E-state index in [1.54, 1.807) is 23.7 Å². The molecule has 0 spiro atoms. The van der Waals surface area contributed by atoms with Crippen molar-refractivity contribution in [1.82, 2.24) is 4.31 Å². The van der Waals surface area contributed by atoms with E-state index in [1.807, 2.05) is 24.5 Å². The van der Waals surface area contributed by atoms with Crippen LogP contribution in [0.4, 0.5) is 0 Å². The van der Waals surface area contributed by atoms with Gasteiger partial charge in [0.25, 0.3) is 0 Å². The van der Waals surface area contributed by atoms with E-state index >= 15 is 0 Å². The zero-order chi connectivity index (χ0) is 23.4. The minimum atomic E-state index is -0.790. The van der Waals surface area contributed by atoms with Gasteiger partial charge in [-0.1, -0.05) is 42.5 Å². The fourth-order valence-corrected chi connectivity index (χ4v) is 5.66. The Hall–Kier alpha value is -2.41. The highest BCUT2D eigenvalue weighted by Crippen LogP contribution is 2.37. The number of rotatable bonds is 7. The smallest absolute Gasteiger partial charge is 0.304 e. The second kappa shape index (κ2) is 10.7. The summed E-state index contributed by atoms with van der Waals surface area (Å²) in [6.07, 6.45) is 2.19. The summed E-state index contributed by atoms with van der Waals surface area (Å²) in [4.78, 5) is 14.0. The number of thioether (sulfide) groups is 1. The molecule has 1 heterocycles. The number of hydrogen-bond acceptors (Lipinski definition) is 5. The van der Waals surface area contributed by atoms with Gasteiger partial charge in [0.1, 0.15) is 11.9 Å². The van der Waals surface area contributed by atoms with Crippen molar-refractivity contribution >= 4 is 29.7 Å². The first kappa shape index (κ1) is 23.7. The van der Waals surface area contributed by atoms with Crippen molar-refractivity contribution in [3.63, 3.8) is 0 Å². The second-order valence-corrected chi connectivity index (χ2v) is 10.4. The van der Waals surface area contributed by atoms with E-state index in [0.29, 0.717) is 0 Å². The lowest BCUT2D eigenvalue weighted by molar-refractivity contribution is -0.137. The van der Waals surface area contributed by atoms with Gasteiger partial charge in [0, 0.05) is 23.9 Å². The Balaban J connectivity index is 1.62. The molecule has 1 unspecified atom stereocenters. The normalized spacial score (nSPS) is 17.0. The lowest BCUT2D eigenvalue weighted by Crippen LogP contribution is -2.27. The minimum Gasteiger partial charge on any atom is -0.488 e. The lowest BCUT2D eigenvalue weighted by atomic mass is 9.87. The van der Waals surface area contributed by atoms with Gasteiger partial charge in [0.2, 0.25) is 0 Å². The SMILES string of the molecule is CSc1ccc(C(CC(=O)O)c2ccc(C)c(CN3C[C@@H](C)Oc4ccccc4S3)c2)cc1. The highest BCUT2D eigenvalue weighted by Gasteiger charge is 2.23. The van der Waals surface area contributed by atoms with Crippen LogP contribution in [-0.4, -0.2) is 34.3 Å². The molecule has 4 nitrogen and oxygen atoms in total. The summed E-state index contributed by atoms with van der Waals surface area (Å²) in [6.45, 7) is 5.78. The summed E-state index contributed by atoms with van der Waals surface area (Å²) in [5.74, 6) is -0.0440. The highest BCUT2D eigenvalue weighted by molar-refractivity contribution is 7.98. The Morgan fingerprint density at radius 3 is 2.61 bits per heavy atom. The quantitative estimate of drug-likeness (QED) is 0.304. The third kappa shape index (κ3) is 5.94. The molecular weight excluding hydrogens is 450 g/mol. The molecule has 33 heavy (non-hydrogen) atoms. The minimum absolute atomic E-state index is 0.0673. The van der Waals surface area contributed by atoms with Crippen molar-refractivity contribution in [2.24, 2.45) is 0 Å². The standard InChI is InChI=1S/C27H29NO3S2/c1-18-8-9-21(24(15-27(29)30)20-10-12-23(32-3)13-11-20)14-22(18)17-28-16-19(2)31-25-6-4-5-7-26(25)33-28/h4-14,19,24H,15-17H2,1-3H3,(H,29,30)/t19-,24?/m1/s1. The number of ether oxygens (including phenoxy) is 1. The zero-order valence-electron chi connectivity index (χ0n) is 19.2. The Morgan fingerprint density at radius 2 is 1.88 bits per heavy atom. The molecule has 2 atom stereocenters. The monoisotopic (exact) mass is 479 g/mol. The summed E-state index contributed by atoms with van der Waals surface area (Å²) in [6, 6.07) is 22.8. The van der Waals surface area contributed by atoms with Gasteiger partial charge in [-0.05, 0) is 78.6 Å². The molecule has 1 aliphatic rings. The third-order valence-electron chi connectivity index (χ3n) is 5.88. The van der Waals surface area contributed by atoms with Crippen LogP contribution in [0.25, 0.3) is 0 Å². The number of carboxylic acids is 1. The first-order chi connectivity index (χ1) is 15.9. The Labute approximate surface area is 204 Å². The molecule has 0 saturated heterocycles. The molecule has 0 fully saturated rings. The number of aliphatic carboxylic acids is 1. The molecule has 172 valence electrons. The Kier molecular flexibility index (Phi) is 7.68. The second-order valence-electron chi connectivity index (χ2n) is 8.40. The average Bonchev–Trinajstić information content (AvgIpc) is 2.96. The largest absolute Gasteiger partial charge is 0.488 e. The maximum atomic E-state index is 11.7. The summed E-state index contributed by atoms with van der Waals surface area (Å²) in [5.41, 5.74) is 4.49. The number of fused-ring (bicyclic) bond motifs is 1. The molecule has 1 N–H and O–H groups in total. The van der Waals surface area contributed by atoms with Gasteiger partial charge in [-0.2, -0.15) is 0 Å². The number of hydrogen-bond donors (Lipinski definition) is 1. The molecule has 3 aromatic carbocycles. The Morgan fingerprint density at radius 1 is 1.15 bits per heavy atom. The van der Waals surface area contributed by atoms with E-state index in [0.717, 1.165) is 34.9 Å². The van der Waals surface area contributed by atoms with E-state index in [1.165, 1.54) is 16.0 Å². The Bertz CT molecular complexity index is 1120. The summed E-state index contributed by atoms with van der Waals surface area (Å²) >= 11 is 3.41. The summed E-state index contributed by atoms with van der Waals surface area (Å²) < 4.78 is 8.44. The number of benzene rings is 3. The topological polar surface area (TPSA) is 49.8 Å². The first-order valence-corrected chi connectivity index (χ1v) is 13.1. The van der Waals surface area contributed by atoms with Crippen molar-refractivity contribution in [1.29, 1.82) is 0 Å². The van der Waals surface area contributed by atoms with Crippen LogP contribution in [0, 0.1) is 6.92 Å². The third-order valence-corrected chi connectivity index (χ3v) is 7.70. The molecule has 0 radical (unpaired) electrons. The maximum absolute atomic E-state index is 11.7. The van der Waals surface area contributed by atoms with Gasteiger partial charge < -0.3 is 9.84 Å². The average molecular weight is 480 g/mol. The molecule has 0 amide bonds. The fraction of sp³-hybridized carbons (Fsp3) is 0.296. The van der Waals surface area contributed by atoms with Crippen molar-refractivity contribution < 1.29 is 14.6 Å². The number of carbonyl (C=O) groups is 1. The van der Waals surface area contributed by atoms with Gasteiger partial charge in [-0.3, -0.25) is 4.79 Å². The van der Waals surface area contributed by atoms with E-state index < -0.39 is 5.97 Å². The number of aryl methyl sites for hydroxylation is 1. The van der Waals surface area contributed by atoms with Crippen LogP contribution in [0.15, 0.2) is 76.5 Å². The molecule has 1 aliphatic heterocycles. The van der Waals surface area contributed by atoms with Crippen LogP contribution < -0.4 is 4.74 Å². The predicted molar refractivity (Wildman–Crippen MR) is 136 cm³/mol. The summed E-state index contributed by atoms with van der Waals surface area (Å²) in [7, 11) is 0. The van der Waals surface area contributed by atoms with Gasteiger partial charge in [0.05, 0.1) is 11.3 Å². The number of nitrogens with zero attached hydrogens (tertiary/aromatic N) is 1. The van der Waals surface area contributed by atoms with E-state index in [4.69, 9.17) is 4.74 Å². The number of para-hydroxylation sites is 1. The van der Waals surface area contributed by atoms with Gasteiger partial charge in [0.15, 0.2) is 0 Å². The molecule has 0 aliphatic carbocycles. The lowest BCUT2D eigenvalue weighted by Gasteiger charge is -2.23. The van der Waals surface area contributed by atoms with E-state index in [-0.39, 0.29) is 18.4 Å². The highest BCUT2D eigenvalue weighted by atomic mass is 32.2. The molecule has 0 bridgehead atoms. The molecule has 0 saturated carbocycles. The van der Waals surface area contributed by atoms with Crippen LogP contribution in [0.1, 0.15) is 41.5 Å². The molecule has 4 rings (SSSR count). The van der Waals surface area contributed by atoms with Crippen LogP contribution in [0.5, 0.6) is 5.75 Å². The zero-order valence-corrected chi connectivity index (χ0v) is 20.8. The molecule has 0 aromatic heterocycles. The van der Waals surface area contributed by atoms with Crippen LogP contribution in [0.2, 0.25) is 0 Å². The van der Waals surface area contributed by atoms with E-state index in [2.05, 4.69) is 66.7 Å². The molecule has 6 heteroatoms. The van der Waals surface area contributed by atoms with Crippen molar-refractivity contribution in [2.45, 2.75) is 48.6 Å². The molecule has 3 aromatic rings. The van der Waals surface area contributed by atoms with Gasteiger partial charge >= 0.3 is 5.97 Å².